The van der Waals surface area contributed by atoms with Gasteiger partial charge in [0.1, 0.15) is 0 Å². The lowest BCUT2D eigenvalue weighted by Gasteiger charge is -2.38. The van der Waals surface area contributed by atoms with E-state index in [1.807, 2.05) is 6.92 Å². The molecule has 114 valence electrons. The van der Waals surface area contributed by atoms with Gasteiger partial charge in [0.2, 0.25) is 0 Å². The lowest BCUT2D eigenvalue weighted by molar-refractivity contribution is -0.385. The zero-order valence-electron chi connectivity index (χ0n) is 11.8. The third-order valence-corrected chi connectivity index (χ3v) is 4.22. The van der Waals surface area contributed by atoms with Crippen LogP contribution in [0.1, 0.15) is 36.5 Å². The predicted octanol–water partition coefficient (Wildman–Crippen LogP) is 2.70. The monoisotopic (exact) mass is 355 g/mol. The van der Waals surface area contributed by atoms with Crippen molar-refractivity contribution in [3.63, 3.8) is 0 Å². The maximum atomic E-state index is 12.7. The van der Waals surface area contributed by atoms with E-state index in [-0.39, 0.29) is 23.7 Å². The quantitative estimate of drug-likeness (QED) is 0.666. The number of nitrogens with zero attached hydrogens (tertiary/aromatic N) is 2. The summed E-state index contributed by atoms with van der Waals surface area (Å²) < 4.78 is 0.523. The fraction of sp³-hybridized carbons (Fsp3) is 0.500. The van der Waals surface area contributed by atoms with Crippen molar-refractivity contribution in [2.24, 2.45) is 5.73 Å². The number of nitro benzene ring substituents is 1. The first-order chi connectivity index (χ1) is 9.90. The third-order valence-electron chi connectivity index (χ3n) is 3.76. The lowest BCUT2D eigenvalue weighted by atomic mass is 9.96. The van der Waals surface area contributed by atoms with Crippen LogP contribution in [0.4, 0.5) is 5.69 Å². The molecule has 1 amide bonds. The second kappa shape index (κ2) is 6.53. The smallest absolute Gasteiger partial charge is 0.271 e. The number of carbonyl (C=O) groups excluding carboxylic acids is 1. The van der Waals surface area contributed by atoms with E-state index in [2.05, 4.69) is 15.9 Å². The number of hydrogen-bond donors (Lipinski definition) is 1. The van der Waals surface area contributed by atoms with E-state index in [0.717, 1.165) is 19.3 Å². The average Bonchev–Trinajstić information content (AvgIpc) is 2.45. The molecule has 21 heavy (non-hydrogen) atoms. The number of nitro groups is 1. The molecule has 7 heteroatoms. The molecule has 0 bridgehead atoms. The van der Waals surface area contributed by atoms with Crippen molar-refractivity contribution in [2.75, 3.05) is 6.54 Å². The van der Waals surface area contributed by atoms with Gasteiger partial charge in [-0.05, 0) is 32.3 Å². The fourth-order valence-electron chi connectivity index (χ4n) is 2.73. The maximum absolute atomic E-state index is 12.7. The lowest BCUT2D eigenvalue weighted by Crippen LogP contribution is -2.51. The first-order valence-corrected chi connectivity index (χ1v) is 7.71. The molecule has 2 unspecified atom stereocenters. The van der Waals surface area contributed by atoms with Crippen molar-refractivity contribution in [1.29, 1.82) is 0 Å². The first kappa shape index (κ1) is 15.9. The molecule has 1 heterocycles. The molecule has 0 aromatic heterocycles. The molecule has 2 N–H and O–H groups in total. The van der Waals surface area contributed by atoms with Gasteiger partial charge >= 0.3 is 0 Å². The van der Waals surface area contributed by atoms with Crippen LogP contribution in [-0.2, 0) is 0 Å². The summed E-state index contributed by atoms with van der Waals surface area (Å²) in [5, 5.41) is 10.9. The Morgan fingerprint density at radius 1 is 1.48 bits per heavy atom. The Hall–Kier alpha value is -1.47. The van der Waals surface area contributed by atoms with Crippen LogP contribution in [0, 0.1) is 10.1 Å². The van der Waals surface area contributed by atoms with Gasteiger partial charge in [-0.2, -0.15) is 0 Å². The largest absolute Gasteiger partial charge is 0.334 e. The van der Waals surface area contributed by atoms with E-state index in [0.29, 0.717) is 16.6 Å². The van der Waals surface area contributed by atoms with E-state index in [9.17, 15) is 14.9 Å². The van der Waals surface area contributed by atoms with Crippen LogP contribution >= 0.6 is 15.9 Å². The van der Waals surface area contributed by atoms with E-state index < -0.39 is 4.92 Å². The van der Waals surface area contributed by atoms with Crippen molar-refractivity contribution in [3.05, 3.63) is 38.3 Å². The molecule has 1 aliphatic rings. The van der Waals surface area contributed by atoms with Crippen molar-refractivity contribution in [1.82, 2.24) is 4.90 Å². The predicted molar refractivity (Wildman–Crippen MR) is 83.1 cm³/mol. The van der Waals surface area contributed by atoms with Crippen molar-refractivity contribution < 1.29 is 9.72 Å². The van der Waals surface area contributed by atoms with Crippen LogP contribution in [0.3, 0.4) is 0 Å². The zero-order chi connectivity index (χ0) is 15.6. The molecule has 0 spiro atoms. The fourth-order valence-corrected chi connectivity index (χ4v) is 3.21. The molecule has 0 aliphatic carbocycles. The summed E-state index contributed by atoms with van der Waals surface area (Å²) in [6, 6.07) is 4.19. The van der Waals surface area contributed by atoms with E-state index in [1.54, 1.807) is 11.0 Å². The SMILES string of the molecule is CC(N)C1CCCCN1C(=O)c1cc(Br)cc([N+](=O)[O-])c1. The number of non-ortho nitro benzene ring substituents is 1. The van der Waals surface area contributed by atoms with Crippen molar-refractivity contribution in [2.45, 2.75) is 38.3 Å². The van der Waals surface area contributed by atoms with Gasteiger partial charge < -0.3 is 10.6 Å². The molecular weight excluding hydrogens is 338 g/mol. The van der Waals surface area contributed by atoms with Gasteiger partial charge in [-0.1, -0.05) is 15.9 Å². The van der Waals surface area contributed by atoms with Gasteiger partial charge in [0.15, 0.2) is 0 Å². The number of rotatable bonds is 3. The Kier molecular flexibility index (Phi) is 4.95. The number of nitrogens with two attached hydrogens (primary N) is 1. The highest BCUT2D eigenvalue weighted by Gasteiger charge is 2.30. The van der Waals surface area contributed by atoms with Crippen LogP contribution in [0.25, 0.3) is 0 Å². The van der Waals surface area contributed by atoms with Gasteiger partial charge in [0, 0.05) is 40.8 Å². The highest BCUT2D eigenvalue weighted by Crippen LogP contribution is 2.26. The number of benzene rings is 1. The van der Waals surface area contributed by atoms with Gasteiger partial charge in [-0.15, -0.1) is 0 Å². The number of piperidine rings is 1. The Balaban J connectivity index is 2.32. The summed E-state index contributed by atoms with van der Waals surface area (Å²) in [4.78, 5) is 24.8. The standard InChI is InChI=1S/C14H18BrN3O3/c1-9(16)13-4-2-3-5-17(13)14(19)10-6-11(15)8-12(7-10)18(20)21/h6-9,13H,2-5,16H2,1H3. The second-order valence-corrected chi connectivity index (χ2v) is 6.29. The molecule has 0 radical (unpaired) electrons. The molecular formula is C14H18BrN3O3. The van der Waals surface area contributed by atoms with Gasteiger partial charge in [-0.25, -0.2) is 0 Å². The third kappa shape index (κ3) is 3.59. The van der Waals surface area contributed by atoms with E-state index in [4.69, 9.17) is 5.73 Å². The topological polar surface area (TPSA) is 89.5 Å². The minimum Gasteiger partial charge on any atom is -0.334 e. The number of halogens is 1. The van der Waals surface area contributed by atoms with E-state index in [1.165, 1.54) is 12.1 Å². The number of likely N-dealkylation sites (tertiary alicyclic amines) is 1. The maximum Gasteiger partial charge on any atom is 0.271 e. The highest BCUT2D eigenvalue weighted by molar-refractivity contribution is 9.10. The number of amides is 1. The minimum atomic E-state index is -0.499. The van der Waals surface area contributed by atoms with Crippen molar-refractivity contribution in [3.8, 4) is 0 Å². The molecule has 1 aromatic carbocycles. The van der Waals surface area contributed by atoms with Crippen LogP contribution in [0.5, 0.6) is 0 Å². The molecule has 6 nitrogen and oxygen atoms in total. The second-order valence-electron chi connectivity index (χ2n) is 5.38. The van der Waals surface area contributed by atoms with Gasteiger partial charge in [0.25, 0.3) is 11.6 Å². The Morgan fingerprint density at radius 2 is 2.19 bits per heavy atom. The number of carbonyl (C=O) groups is 1. The average molecular weight is 356 g/mol. The van der Waals surface area contributed by atoms with Gasteiger partial charge in [0.05, 0.1) is 4.92 Å². The normalized spacial score (nSPS) is 20.1. The molecule has 1 aliphatic heterocycles. The summed E-state index contributed by atoms with van der Waals surface area (Å²) in [5.41, 5.74) is 6.20. The highest BCUT2D eigenvalue weighted by atomic mass is 79.9. The Bertz CT molecular complexity index is 562. The summed E-state index contributed by atoms with van der Waals surface area (Å²) in [6.45, 7) is 2.53. The Labute approximate surface area is 131 Å². The molecule has 0 saturated carbocycles. The number of hydrogen-bond acceptors (Lipinski definition) is 4. The summed E-state index contributed by atoms with van der Waals surface area (Å²) >= 11 is 3.22. The first-order valence-electron chi connectivity index (χ1n) is 6.91. The van der Waals surface area contributed by atoms with Crippen LogP contribution in [-0.4, -0.2) is 34.4 Å². The summed E-state index contributed by atoms with van der Waals surface area (Å²) in [6.07, 6.45) is 2.86. The summed E-state index contributed by atoms with van der Waals surface area (Å²) in [7, 11) is 0. The molecule has 2 rings (SSSR count). The molecule has 1 aromatic rings. The zero-order valence-corrected chi connectivity index (χ0v) is 13.4. The summed E-state index contributed by atoms with van der Waals surface area (Å²) in [5.74, 6) is -0.193. The van der Waals surface area contributed by atoms with Crippen LogP contribution < -0.4 is 5.73 Å². The minimum absolute atomic E-state index is 0.00992. The van der Waals surface area contributed by atoms with Gasteiger partial charge in [-0.3, -0.25) is 14.9 Å². The molecule has 1 fully saturated rings. The van der Waals surface area contributed by atoms with Crippen LogP contribution in [0.15, 0.2) is 22.7 Å². The van der Waals surface area contributed by atoms with Crippen molar-refractivity contribution >= 4 is 27.5 Å². The van der Waals surface area contributed by atoms with E-state index >= 15 is 0 Å². The van der Waals surface area contributed by atoms with Crippen LogP contribution in [0.2, 0.25) is 0 Å². The molecule has 1 saturated heterocycles. The molecule has 2 atom stereocenters. The Morgan fingerprint density at radius 3 is 2.81 bits per heavy atom.